The summed E-state index contributed by atoms with van der Waals surface area (Å²) in [5, 5.41) is 4.02. The van der Waals surface area contributed by atoms with E-state index in [1.165, 1.54) is 36.2 Å². The van der Waals surface area contributed by atoms with Crippen LogP contribution in [-0.4, -0.2) is 65.8 Å². The number of hydrogen-bond donors (Lipinski definition) is 1. The van der Waals surface area contributed by atoms with Gasteiger partial charge >= 0.3 is 6.09 Å². The molecule has 2 aromatic carbocycles. The number of carbonyl (C=O) groups excluding carboxylic acids is 3. The summed E-state index contributed by atoms with van der Waals surface area (Å²) in [6, 6.07) is 9.76. The fourth-order valence-electron chi connectivity index (χ4n) is 5.91. The van der Waals surface area contributed by atoms with Gasteiger partial charge in [-0.15, -0.1) is 0 Å². The van der Waals surface area contributed by atoms with Crippen molar-refractivity contribution in [2.75, 3.05) is 26.7 Å². The number of nitrogens with zero attached hydrogens (tertiary/aromatic N) is 2. The number of likely N-dealkylation sites (tertiary alicyclic amines) is 1. The number of Topliss-reactive ketones (excluding diaryl/α,β-unsaturated/α-hetero) is 1. The summed E-state index contributed by atoms with van der Waals surface area (Å²) in [6.07, 6.45) is 3.12. The predicted octanol–water partition coefficient (Wildman–Crippen LogP) is 5.44. The summed E-state index contributed by atoms with van der Waals surface area (Å²) in [5.41, 5.74) is -1.06. The molecule has 208 valence electrons. The highest BCUT2D eigenvalue weighted by atomic mass is 35.5. The minimum atomic E-state index is -1.41. The molecule has 2 aliphatic heterocycles. The van der Waals surface area contributed by atoms with Crippen LogP contribution in [0.25, 0.3) is 0 Å². The molecular formula is C29H32Cl2FN3O4. The molecule has 7 nitrogen and oxygen atoms in total. The van der Waals surface area contributed by atoms with E-state index in [1.807, 2.05) is 6.92 Å². The Morgan fingerprint density at radius 3 is 2.46 bits per heavy atom. The molecule has 5 rings (SSSR count). The van der Waals surface area contributed by atoms with Gasteiger partial charge < -0.3 is 15.0 Å². The van der Waals surface area contributed by atoms with Crippen molar-refractivity contribution in [3.8, 4) is 5.75 Å². The fourth-order valence-corrected chi connectivity index (χ4v) is 6.22. The molecule has 0 spiro atoms. The summed E-state index contributed by atoms with van der Waals surface area (Å²) in [5.74, 6) is -1.01. The Morgan fingerprint density at radius 2 is 1.79 bits per heavy atom. The van der Waals surface area contributed by atoms with Crippen molar-refractivity contribution >= 4 is 41.0 Å². The van der Waals surface area contributed by atoms with E-state index >= 15 is 0 Å². The monoisotopic (exact) mass is 575 g/mol. The van der Waals surface area contributed by atoms with E-state index in [4.69, 9.17) is 27.9 Å². The quantitative estimate of drug-likeness (QED) is 0.496. The van der Waals surface area contributed by atoms with Gasteiger partial charge in [0.15, 0.2) is 5.78 Å². The van der Waals surface area contributed by atoms with Gasteiger partial charge in [-0.3, -0.25) is 14.5 Å². The van der Waals surface area contributed by atoms with E-state index in [2.05, 4.69) is 5.32 Å². The van der Waals surface area contributed by atoms with Crippen molar-refractivity contribution < 1.29 is 23.5 Å². The third kappa shape index (κ3) is 5.14. The average molecular weight is 576 g/mol. The number of nitrogens with one attached hydrogen (secondary N) is 1. The lowest BCUT2D eigenvalue weighted by molar-refractivity contribution is -0.151. The second kappa shape index (κ2) is 10.7. The van der Waals surface area contributed by atoms with Gasteiger partial charge in [0.25, 0.3) is 5.91 Å². The number of ketones is 1. The molecule has 2 amide bonds. The van der Waals surface area contributed by atoms with Gasteiger partial charge in [-0.2, -0.15) is 0 Å². The lowest BCUT2D eigenvalue weighted by Crippen LogP contribution is -2.67. The number of piperidine rings is 1. The number of hydrogen-bond acceptors (Lipinski definition) is 5. The number of amides is 2. The molecule has 3 aliphatic rings. The van der Waals surface area contributed by atoms with Crippen molar-refractivity contribution in [1.29, 1.82) is 0 Å². The van der Waals surface area contributed by atoms with E-state index in [1.54, 1.807) is 23.1 Å². The molecule has 0 bridgehead atoms. The maximum Gasteiger partial charge on any atom is 0.415 e. The van der Waals surface area contributed by atoms with Gasteiger partial charge in [-0.05, 0) is 74.1 Å². The lowest BCUT2D eigenvalue weighted by atomic mass is 9.78. The van der Waals surface area contributed by atoms with Crippen LogP contribution in [0.3, 0.4) is 0 Å². The van der Waals surface area contributed by atoms with Crippen LogP contribution in [0, 0.1) is 11.2 Å². The molecule has 2 saturated heterocycles. The first-order chi connectivity index (χ1) is 18.6. The van der Waals surface area contributed by atoms with Gasteiger partial charge in [-0.1, -0.05) is 36.2 Å². The Kier molecular flexibility index (Phi) is 7.65. The topological polar surface area (TPSA) is 79.0 Å². The van der Waals surface area contributed by atoms with Crippen molar-refractivity contribution in [1.82, 2.24) is 15.1 Å². The number of benzene rings is 2. The van der Waals surface area contributed by atoms with Gasteiger partial charge in [0.1, 0.15) is 17.1 Å². The third-order valence-corrected chi connectivity index (χ3v) is 9.33. The van der Waals surface area contributed by atoms with Gasteiger partial charge in [0.2, 0.25) is 0 Å². The molecule has 3 fully saturated rings. The molecule has 1 saturated carbocycles. The minimum Gasteiger partial charge on any atom is -0.410 e. The van der Waals surface area contributed by atoms with Crippen LogP contribution in [0.15, 0.2) is 42.5 Å². The normalized spacial score (nSPS) is 25.7. The Morgan fingerprint density at radius 1 is 1.08 bits per heavy atom. The standard InChI is InChI=1S/C29H32Cl2FN3O4/c1-28(12-13-28)25(36)24-5-3-4-14-35(24)26(37)29(34(2)27(38)39-20-9-7-19(32)8-10-20)17-33-16-21(29)18-6-11-22(30)23(31)15-18/h6-11,15,21,24,33H,3-5,12-14,16-17H2,1-2H3/t21-,24?,29-/m0/s1. The van der Waals surface area contributed by atoms with Crippen LogP contribution in [0.2, 0.25) is 10.0 Å². The Labute approximate surface area is 237 Å². The second-order valence-corrected chi connectivity index (χ2v) is 11.9. The second-order valence-electron chi connectivity index (χ2n) is 11.1. The lowest BCUT2D eigenvalue weighted by Gasteiger charge is -2.46. The molecule has 2 heterocycles. The van der Waals surface area contributed by atoms with E-state index in [-0.39, 0.29) is 24.0 Å². The molecule has 0 aromatic heterocycles. The number of carbonyl (C=O) groups is 3. The zero-order valence-electron chi connectivity index (χ0n) is 22.0. The number of rotatable bonds is 6. The maximum absolute atomic E-state index is 14.7. The van der Waals surface area contributed by atoms with E-state index in [0.717, 1.165) is 31.2 Å². The molecule has 39 heavy (non-hydrogen) atoms. The molecule has 0 radical (unpaired) electrons. The van der Waals surface area contributed by atoms with E-state index in [9.17, 15) is 18.8 Å². The van der Waals surface area contributed by atoms with E-state index < -0.39 is 34.8 Å². The Bertz CT molecular complexity index is 1290. The summed E-state index contributed by atoms with van der Waals surface area (Å²) in [7, 11) is 1.53. The van der Waals surface area contributed by atoms with Crippen LogP contribution in [0.4, 0.5) is 9.18 Å². The summed E-state index contributed by atoms with van der Waals surface area (Å²) in [6.45, 7) is 2.94. The smallest absolute Gasteiger partial charge is 0.410 e. The molecule has 2 aromatic rings. The largest absolute Gasteiger partial charge is 0.415 e. The molecule has 3 atom stereocenters. The Balaban J connectivity index is 1.54. The minimum absolute atomic E-state index is 0.0966. The zero-order valence-corrected chi connectivity index (χ0v) is 23.5. The first-order valence-electron chi connectivity index (χ1n) is 13.3. The van der Waals surface area contributed by atoms with Crippen LogP contribution >= 0.6 is 23.2 Å². The zero-order chi connectivity index (χ0) is 27.9. The molecule has 1 N–H and O–H groups in total. The SMILES string of the molecule is CN(C(=O)Oc1ccc(F)cc1)[C@@]1(C(=O)N2CCCCC2C(=O)C2(C)CC2)CNC[C@H]1c1ccc(Cl)c(Cl)c1. The van der Waals surface area contributed by atoms with Crippen molar-refractivity contribution in [3.05, 3.63) is 63.9 Å². The average Bonchev–Trinajstić information content (AvgIpc) is 3.53. The van der Waals surface area contributed by atoms with Crippen molar-refractivity contribution in [3.63, 3.8) is 0 Å². The molecule has 1 aliphatic carbocycles. The maximum atomic E-state index is 14.7. The van der Waals surface area contributed by atoms with Gasteiger partial charge in [0.05, 0.1) is 16.1 Å². The molecule has 10 heteroatoms. The highest BCUT2D eigenvalue weighted by molar-refractivity contribution is 6.42. The number of likely N-dealkylation sites (N-methyl/N-ethyl adjacent to an activating group) is 1. The van der Waals surface area contributed by atoms with Gasteiger partial charge in [-0.25, -0.2) is 9.18 Å². The van der Waals surface area contributed by atoms with Crippen LogP contribution < -0.4 is 10.1 Å². The van der Waals surface area contributed by atoms with Crippen molar-refractivity contribution in [2.45, 2.75) is 56.5 Å². The Hall–Kier alpha value is -2.68. The predicted molar refractivity (Wildman–Crippen MR) is 147 cm³/mol. The first kappa shape index (κ1) is 27.9. The first-order valence-corrected chi connectivity index (χ1v) is 14.0. The number of halogens is 3. The molecule has 1 unspecified atom stereocenters. The highest BCUT2D eigenvalue weighted by Gasteiger charge is 2.59. The summed E-state index contributed by atoms with van der Waals surface area (Å²) >= 11 is 12.6. The fraction of sp³-hybridized carbons (Fsp3) is 0.483. The van der Waals surface area contributed by atoms with E-state index in [0.29, 0.717) is 29.6 Å². The van der Waals surface area contributed by atoms with Crippen molar-refractivity contribution in [2.24, 2.45) is 5.41 Å². The van der Waals surface area contributed by atoms with Crippen LogP contribution in [0.1, 0.15) is 50.5 Å². The highest BCUT2D eigenvalue weighted by Crippen LogP contribution is 2.49. The third-order valence-electron chi connectivity index (χ3n) is 8.59. The molecular weight excluding hydrogens is 544 g/mol. The number of ether oxygens (including phenoxy) is 1. The summed E-state index contributed by atoms with van der Waals surface area (Å²) < 4.78 is 19.0. The van der Waals surface area contributed by atoms with Crippen LogP contribution in [-0.2, 0) is 9.59 Å². The summed E-state index contributed by atoms with van der Waals surface area (Å²) in [4.78, 5) is 44.8. The van der Waals surface area contributed by atoms with Gasteiger partial charge in [0, 0.05) is 38.0 Å². The van der Waals surface area contributed by atoms with Crippen LogP contribution in [0.5, 0.6) is 5.75 Å².